The van der Waals surface area contributed by atoms with Crippen molar-refractivity contribution in [1.82, 2.24) is 25.4 Å². The maximum Gasteiger partial charge on any atom is 0.191 e. The molecule has 1 aliphatic rings. The number of rotatable bonds is 7. The maximum absolute atomic E-state index is 5.13. The van der Waals surface area contributed by atoms with Gasteiger partial charge in [0.1, 0.15) is 12.4 Å². The number of aliphatic imine (C=N–C) groups is 1. The number of guanidine groups is 1. The van der Waals surface area contributed by atoms with Crippen molar-refractivity contribution in [2.45, 2.75) is 45.4 Å². The Morgan fingerprint density at radius 1 is 1.48 bits per heavy atom. The van der Waals surface area contributed by atoms with Crippen LogP contribution in [0.4, 0.5) is 0 Å². The molecule has 3 heterocycles. The largest absolute Gasteiger partial charge is 0.377 e. The fourth-order valence-corrected chi connectivity index (χ4v) is 4.42. The number of halogens is 2. The van der Waals surface area contributed by atoms with Gasteiger partial charge in [-0.3, -0.25) is 4.99 Å². The lowest BCUT2D eigenvalue weighted by Gasteiger charge is -2.25. The first-order valence-electron chi connectivity index (χ1n) is 8.88. The summed E-state index contributed by atoms with van der Waals surface area (Å²) >= 11 is 5.27. The Labute approximate surface area is 189 Å². The molecule has 0 spiro atoms. The maximum atomic E-state index is 5.13. The zero-order chi connectivity index (χ0) is 18.4. The van der Waals surface area contributed by atoms with Gasteiger partial charge in [0.2, 0.25) is 0 Å². The number of fused-ring (bicyclic) bond motifs is 1. The molecule has 0 fully saturated rings. The van der Waals surface area contributed by atoms with Crippen LogP contribution in [-0.2, 0) is 30.7 Å². The van der Waals surface area contributed by atoms with Crippen molar-refractivity contribution in [2.75, 3.05) is 20.2 Å². The Kier molecular flexibility index (Phi) is 9.46. The third-order valence-corrected chi connectivity index (χ3v) is 5.80. The summed E-state index contributed by atoms with van der Waals surface area (Å²) in [4.78, 5) is 10.6. The molecule has 0 bridgehead atoms. The van der Waals surface area contributed by atoms with Gasteiger partial charge in [-0.15, -0.1) is 35.3 Å². The molecule has 1 unspecified atom stereocenters. The summed E-state index contributed by atoms with van der Waals surface area (Å²) in [6.45, 7) is 4.95. The highest BCUT2D eigenvalue weighted by Crippen LogP contribution is 2.22. The quantitative estimate of drug-likeness (QED) is 0.305. The summed E-state index contributed by atoms with van der Waals surface area (Å²) in [5.41, 5.74) is 0. The van der Waals surface area contributed by atoms with Crippen LogP contribution in [0.5, 0.6) is 0 Å². The van der Waals surface area contributed by atoms with E-state index < -0.39 is 0 Å². The summed E-state index contributed by atoms with van der Waals surface area (Å²) in [6, 6.07) is 4.53. The second-order valence-corrected chi connectivity index (χ2v) is 8.70. The molecule has 1 aliphatic heterocycles. The first kappa shape index (κ1) is 22.6. The zero-order valence-corrected chi connectivity index (χ0v) is 20.3. The minimum atomic E-state index is 0. The van der Waals surface area contributed by atoms with Crippen LogP contribution >= 0.6 is 51.2 Å². The van der Waals surface area contributed by atoms with Gasteiger partial charge in [-0.1, -0.05) is 0 Å². The summed E-state index contributed by atoms with van der Waals surface area (Å²) in [5, 5.41) is 11.4. The Balaban J connectivity index is 0.00000261. The van der Waals surface area contributed by atoms with E-state index in [9.17, 15) is 0 Å². The van der Waals surface area contributed by atoms with Crippen molar-refractivity contribution in [3.63, 3.8) is 0 Å². The van der Waals surface area contributed by atoms with Crippen LogP contribution in [0, 0.1) is 0 Å². The molecule has 2 aromatic rings. The monoisotopic (exact) mass is 568 g/mol. The topological polar surface area (TPSA) is 76.4 Å². The average Bonchev–Trinajstić information content (AvgIpc) is 3.20. The van der Waals surface area contributed by atoms with E-state index in [1.165, 1.54) is 8.66 Å². The van der Waals surface area contributed by atoms with Gasteiger partial charge in [-0.2, -0.15) is 5.10 Å². The van der Waals surface area contributed by atoms with Crippen LogP contribution in [-0.4, -0.2) is 47.0 Å². The predicted molar refractivity (Wildman–Crippen MR) is 123 cm³/mol. The van der Waals surface area contributed by atoms with Gasteiger partial charge >= 0.3 is 0 Å². The number of aromatic nitrogens is 3. The molecule has 2 aromatic heterocycles. The van der Waals surface area contributed by atoms with Crippen LogP contribution in [0.25, 0.3) is 0 Å². The summed E-state index contributed by atoms with van der Waals surface area (Å²) < 4.78 is 8.28. The van der Waals surface area contributed by atoms with Crippen LogP contribution in [0.15, 0.2) is 20.9 Å². The first-order chi connectivity index (χ1) is 12.7. The van der Waals surface area contributed by atoms with E-state index in [-0.39, 0.29) is 24.0 Å². The first-order valence-corrected chi connectivity index (χ1v) is 10.5. The lowest BCUT2D eigenvalue weighted by molar-refractivity contribution is 0.177. The molecule has 150 valence electrons. The number of thiophene rings is 1. The van der Waals surface area contributed by atoms with Gasteiger partial charge < -0.3 is 15.4 Å². The Hall–Kier alpha value is -0.720. The predicted octanol–water partition coefficient (Wildman–Crippen LogP) is 2.98. The fraction of sp³-hybridized carbons (Fsp3) is 0.588. The van der Waals surface area contributed by atoms with Crippen molar-refractivity contribution in [2.24, 2.45) is 4.99 Å². The number of hydrogen-bond donors (Lipinski definition) is 2. The fourth-order valence-electron chi connectivity index (χ4n) is 2.95. The third kappa shape index (κ3) is 6.68. The highest BCUT2D eigenvalue weighted by Gasteiger charge is 2.22. The van der Waals surface area contributed by atoms with E-state index in [4.69, 9.17) is 9.73 Å². The standard InChI is InChI=1S/C17H25BrN6OS.HI/c1-3-19-17(20-9-8-13-5-6-14(18)26-13)21-12-4-7-16-22-15(11-25-2)23-24(16)10-12;/h5-6,12H,3-4,7-11H2,1-2H3,(H2,19,20,21);1H. The number of aryl methyl sites for hydroxylation is 1. The van der Waals surface area contributed by atoms with Crippen molar-refractivity contribution in [1.29, 1.82) is 0 Å². The minimum absolute atomic E-state index is 0. The molecular weight excluding hydrogens is 543 g/mol. The van der Waals surface area contributed by atoms with Gasteiger partial charge in [0, 0.05) is 44.0 Å². The molecule has 2 N–H and O–H groups in total. The molecule has 10 heteroatoms. The van der Waals surface area contributed by atoms with Gasteiger partial charge in [0.15, 0.2) is 11.8 Å². The molecule has 0 aromatic carbocycles. The Morgan fingerprint density at radius 2 is 2.33 bits per heavy atom. The van der Waals surface area contributed by atoms with Crippen LogP contribution in [0.3, 0.4) is 0 Å². The van der Waals surface area contributed by atoms with E-state index in [0.717, 1.165) is 56.5 Å². The van der Waals surface area contributed by atoms with E-state index in [2.05, 4.69) is 55.7 Å². The zero-order valence-electron chi connectivity index (χ0n) is 15.6. The van der Waals surface area contributed by atoms with E-state index in [1.807, 2.05) is 4.68 Å². The lowest BCUT2D eigenvalue weighted by Crippen LogP contribution is -2.47. The van der Waals surface area contributed by atoms with E-state index in [1.54, 1.807) is 18.4 Å². The normalized spacial score (nSPS) is 16.6. The third-order valence-electron chi connectivity index (χ3n) is 4.12. The molecule has 0 amide bonds. The molecule has 7 nitrogen and oxygen atoms in total. The second-order valence-electron chi connectivity index (χ2n) is 6.16. The molecule has 0 saturated carbocycles. The second kappa shape index (κ2) is 11.3. The molecule has 0 saturated heterocycles. The van der Waals surface area contributed by atoms with Crippen LogP contribution in [0.1, 0.15) is 29.9 Å². The van der Waals surface area contributed by atoms with Gasteiger partial charge in [0.25, 0.3) is 0 Å². The highest BCUT2D eigenvalue weighted by atomic mass is 127. The number of hydrogen-bond acceptors (Lipinski definition) is 5. The number of nitrogens with zero attached hydrogens (tertiary/aromatic N) is 4. The van der Waals surface area contributed by atoms with Crippen molar-refractivity contribution < 1.29 is 4.74 Å². The van der Waals surface area contributed by atoms with E-state index >= 15 is 0 Å². The summed E-state index contributed by atoms with van der Waals surface area (Å²) in [7, 11) is 1.67. The van der Waals surface area contributed by atoms with Crippen LogP contribution < -0.4 is 10.6 Å². The molecule has 0 aliphatic carbocycles. The van der Waals surface area contributed by atoms with Gasteiger partial charge in [-0.05, 0) is 41.4 Å². The molecular formula is C17H26BrIN6OS. The Bertz CT molecular complexity index is 750. The molecule has 3 rings (SSSR count). The summed E-state index contributed by atoms with van der Waals surface area (Å²) in [5.74, 6) is 2.67. The van der Waals surface area contributed by atoms with Gasteiger partial charge in [0.05, 0.1) is 10.3 Å². The number of ether oxygens (including phenoxy) is 1. The van der Waals surface area contributed by atoms with Crippen molar-refractivity contribution in [3.8, 4) is 0 Å². The Morgan fingerprint density at radius 3 is 3.04 bits per heavy atom. The van der Waals surface area contributed by atoms with E-state index in [0.29, 0.717) is 12.6 Å². The summed E-state index contributed by atoms with van der Waals surface area (Å²) in [6.07, 6.45) is 2.88. The highest BCUT2D eigenvalue weighted by molar-refractivity contribution is 14.0. The molecule has 1 atom stereocenters. The average molecular weight is 569 g/mol. The number of methoxy groups -OCH3 is 1. The van der Waals surface area contributed by atoms with Crippen molar-refractivity contribution >= 4 is 57.2 Å². The van der Waals surface area contributed by atoms with Crippen LogP contribution in [0.2, 0.25) is 0 Å². The number of nitrogens with one attached hydrogen (secondary N) is 2. The lowest BCUT2D eigenvalue weighted by atomic mass is 10.1. The minimum Gasteiger partial charge on any atom is -0.377 e. The van der Waals surface area contributed by atoms with Gasteiger partial charge in [-0.25, -0.2) is 9.67 Å². The SMILES string of the molecule is CCNC(=NCCc1ccc(Br)s1)NC1CCc2nc(COC)nn2C1.I. The molecule has 27 heavy (non-hydrogen) atoms. The van der Waals surface area contributed by atoms with Crippen molar-refractivity contribution in [3.05, 3.63) is 32.4 Å². The molecule has 0 radical (unpaired) electrons. The smallest absolute Gasteiger partial charge is 0.191 e.